The molecule has 0 unspecified atom stereocenters. The zero-order chi connectivity index (χ0) is 19.9. The first-order valence-electron chi connectivity index (χ1n) is 9.13. The zero-order valence-corrected chi connectivity index (χ0v) is 18.8. The summed E-state index contributed by atoms with van der Waals surface area (Å²) < 4.78 is 1.81. The highest BCUT2D eigenvalue weighted by molar-refractivity contribution is 14.0. The molecular formula is C19H26IN7O2. The monoisotopic (exact) mass is 511 g/mol. The number of nitrogens with one attached hydrogen (secondary N) is 3. The van der Waals surface area contributed by atoms with E-state index in [0.29, 0.717) is 37.7 Å². The van der Waals surface area contributed by atoms with Gasteiger partial charge in [-0.3, -0.25) is 19.3 Å². The molecule has 2 amide bonds. The number of carbonyl (C=O) groups excluding carboxylic acids is 2. The van der Waals surface area contributed by atoms with Gasteiger partial charge in [0.15, 0.2) is 5.96 Å². The molecule has 9 nitrogen and oxygen atoms in total. The highest BCUT2D eigenvalue weighted by Crippen LogP contribution is 2.09. The van der Waals surface area contributed by atoms with Crippen LogP contribution in [-0.2, 0) is 24.9 Å². The van der Waals surface area contributed by atoms with Crippen molar-refractivity contribution in [3.8, 4) is 0 Å². The number of aromatic nitrogens is 2. The number of hydrogen-bond donors (Lipinski definition) is 3. The summed E-state index contributed by atoms with van der Waals surface area (Å²) in [5, 5.41) is 13.3. The molecule has 1 saturated heterocycles. The standard InChI is InChI=1S/C19H25N7O2.HI/c1-20-19(23-12-16-7-8-24-25(16)2)22-11-14-3-5-15(6-4-14)18(28)26-10-9-21-17(27)13-26;/h3-8H,9-13H2,1-2H3,(H,21,27)(H2,20,22,23);1H. The van der Waals surface area contributed by atoms with Gasteiger partial charge in [-0.2, -0.15) is 5.10 Å². The number of amides is 2. The summed E-state index contributed by atoms with van der Waals surface area (Å²) >= 11 is 0. The van der Waals surface area contributed by atoms with Crippen LogP contribution in [0.15, 0.2) is 41.5 Å². The van der Waals surface area contributed by atoms with E-state index >= 15 is 0 Å². The lowest BCUT2D eigenvalue weighted by atomic mass is 10.1. The molecule has 0 bridgehead atoms. The number of guanidine groups is 1. The van der Waals surface area contributed by atoms with E-state index in [-0.39, 0.29) is 42.3 Å². The Morgan fingerprint density at radius 3 is 2.55 bits per heavy atom. The fraction of sp³-hybridized carbons (Fsp3) is 0.368. The van der Waals surface area contributed by atoms with Crippen LogP contribution in [0.25, 0.3) is 0 Å². The Kier molecular flexibility index (Phi) is 8.43. The van der Waals surface area contributed by atoms with Gasteiger partial charge in [0, 0.05) is 45.5 Å². The third-order valence-corrected chi connectivity index (χ3v) is 4.57. The van der Waals surface area contributed by atoms with E-state index in [0.717, 1.165) is 11.3 Å². The van der Waals surface area contributed by atoms with E-state index in [4.69, 9.17) is 0 Å². The van der Waals surface area contributed by atoms with Gasteiger partial charge in [-0.25, -0.2) is 0 Å². The van der Waals surface area contributed by atoms with Crippen molar-refractivity contribution in [2.24, 2.45) is 12.0 Å². The highest BCUT2D eigenvalue weighted by atomic mass is 127. The first kappa shape index (κ1) is 22.7. The fourth-order valence-corrected chi connectivity index (χ4v) is 2.92. The van der Waals surface area contributed by atoms with Crippen LogP contribution in [0.3, 0.4) is 0 Å². The van der Waals surface area contributed by atoms with E-state index in [1.54, 1.807) is 30.3 Å². The van der Waals surface area contributed by atoms with E-state index in [1.165, 1.54) is 0 Å². The van der Waals surface area contributed by atoms with Crippen LogP contribution in [0.2, 0.25) is 0 Å². The van der Waals surface area contributed by atoms with Crippen molar-refractivity contribution >= 4 is 41.8 Å². The second-order valence-corrected chi connectivity index (χ2v) is 6.50. The van der Waals surface area contributed by atoms with E-state index in [9.17, 15) is 9.59 Å². The number of benzene rings is 1. The maximum Gasteiger partial charge on any atom is 0.254 e. The summed E-state index contributed by atoms with van der Waals surface area (Å²) in [5.41, 5.74) is 2.66. The van der Waals surface area contributed by atoms with Gasteiger partial charge >= 0.3 is 0 Å². The maximum atomic E-state index is 12.5. The van der Waals surface area contributed by atoms with Crippen LogP contribution in [0.4, 0.5) is 0 Å². The number of hydrogen-bond acceptors (Lipinski definition) is 4. The minimum absolute atomic E-state index is 0. The summed E-state index contributed by atoms with van der Waals surface area (Å²) in [6, 6.07) is 9.33. The molecule has 3 N–H and O–H groups in total. The molecule has 29 heavy (non-hydrogen) atoms. The molecule has 0 aliphatic carbocycles. The number of carbonyl (C=O) groups is 2. The van der Waals surface area contributed by atoms with Crippen LogP contribution in [0.1, 0.15) is 21.6 Å². The van der Waals surface area contributed by atoms with Crippen molar-refractivity contribution in [2.45, 2.75) is 13.1 Å². The molecule has 1 aliphatic heterocycles. The minimum atomic E-state index is -0.122. The maximum absolute atomic E-state index is 12.5. The van der Waals surface area contributed by atoms with Gasteiger partial charge in [-0.05, 0) is 23.8 Å². The van der Waals surface area contributed by atoms with Crippen molar-refractivity contribution in [3.63, 3.8) is 0 Å². The quantitative estimate of drug-likeness (QED) is 0.308. The molecule has 1 aromatic carbocycles. The smallest absolute Gasteiger partial charge is 0.254 e. The van der Waals surface area contributed by atoms with E-state index in [2.05, 4.69) is 26.0 Å². The molecular weight excluding hydrogens is 485 g/mol. The molecule has 2 heterocycles. The normalized spacial score (nSPS) is 14.1. The molecule has 156 valence electrons. The van der Waals surface area contributed by atoms with Crippen LogP contribution < -0.4 is 16.0 Å². The molecule has 10 heteroatoms. The summed E-state index contributed by atoms with van der Waals surface area (Å²) in [4.78, 5) is 29.7. The Morgan fingerprint density at radius 1 is 1.21 bits per heavy atom. The molecule has 0 saturated carbocycles. The molecule has 0 atom stereocenters. The zero-order valence-electron chi connectivity index (χ0n) is 16.5. The molecule has 1 aliphatic rings. The molecule has 3 rings (SSSR count). The van der Waals surface area contributed by atoms with Crippen LogP contribution >= 0.6 is 24.0 Å². The Hall–Kier alpha value is -2.63. The van der Waals surface area contributed by atoms with Crippen LogP contribution in [0.5, 0.6) is 0 Å². The lowest BCUT2D eigenvalue weighted by Gasteiger charge is -2.26. The Morgan fingerprint density at radius 2 is 1.93 bits per heavy atom. The van der Waals surface area contributed by atoms with Crippen LogP contribution in [0, 0.1) is 0 Å². The second-order valence-electron chi connectivity index (χ2n) is 6.50. The number of piperazine rings is 1. The minimum Gasteiger partial charge on any atom is -0.353 e. The van der Waals surface area contributed by atoms with Crippen LogP contribution in [-0.4, -0.2) is 59.1 Å². The third kappa shape index (κ3) is 6.17. The number of aryl methyl sites for hydroxylation is 1. The number of aliphatic imine (C=N–C) groups is 1. The molecule has 2 aromatic rings. The lowest BCUT2D eigenvalue weighted by molar-refractivity contribution is -0.123. The Bertz CT molecular complexity index is 864. The summed E-state index contributed by atoms with van der Waals surface area (Å²) in [7, 11) is 3.61. The van der Waals surface area contributed by atoms with Gasteiger partial charge in [0.05, 0.1) is 18.8 Å². The lowest BCUT2D eigenvalue weighted by Crippen LogP contribution is -2.49. The predicted octanol–water partition coefficient (Wildman–Crippen LogP) is 0.475. The number of nitrogens with zero attached hydrogens (tertiary/aromatic N) is 4. The summed E-state index contributed by atoms with van der Waals surface area (Å²) in [5.74, 6) is 0.439. The summed E-state index contributed by atoms with van der Waals surface area (Å²) in [6.07, 6.45) is 1.76. The van der Waals surface area contributed by atoms with Crippen molar-refractivity contribution in [1.82, 2.24) is 30.6 Å². The van der Waals surface area contributed by atoms with E-state index in [1.807, 2.05) is 29.9 Å². The second kappa shape index (κ2) is 10.8. The van der Waals surface area contributed by atoms with Gasteiger partial charge in [0.25, 0.3) is 5.91 Å². The number of rotatable bonds is 5. The van der Waals surface area contributed by atoms with Gasteiger partial charge in [0.2, 0.25) is 5.91 Å². The topological polar surface area (TPSA) is 104 Å². The molecule has 1 fully saturated rings. The van der Waals surface area contributed by atoms with Crippen molar-refractivity contribution in [1.29, 1.82) is 0 Å². The average molecular weight is 511 g/mol. The Labute approximate surface area is 187 Å². The molecule has 0 radical (unpaired) electrons. The van der Waals surface area contributed by atoms with Crippen molar-refractivity contribution in [2.75, 3.05) is 26.7 Å². The van der Waals surface area contributed by atoms with Gasteiger partial charge < -0.3 is 20.9 Å². The van der Waals surface area contributed by atoms with E-state index < -0.39 is 0 Å². The highest BCUT2D eigenvalue weighted by Gasteiger charge is 2.22. The fourth-order valence-electron chi connectivity index (χ4n) is 2.92. The largest absolute Gasteiger partial charge is 0.353 e. The average Bonchev–Trinajstić information content (AvgIpc) is 3.13. The first-order chi connectivity index (χ1) is 13.6. The predicted molar refractivity (Wildman–Crippen MR) is 121 cm³/mol. The van der Waals surface area contributed by atoms with Gasteiger partial charge in [0.1, 0.15) is 0 Å². The number of halogens is 1. The SMILES string of the molecule is CN=C(NCc1ccc(C(=O)N2CCNC(=O)C2)cc1)NCc1ccnn1C.I. The molecule has 0 spiro atoms. The first-order valence-corrected chi connectivity index (χ1v) is 9.13. The van der Waals surface area contributed by atoms with Crippen molar-refractivity contribution in [3.05, 3.63) is 53.3 Å². The third-order valence-electron chi connectivity index (χ3n) is 4.57. The molecule has 1 aromatic heterocycles. The summed E-state index contributed by atoms with van der Waals surface area (Å²) in [6.45, 7) is 2.34. The van der Waals surface area contributed by atoms with Gasteiger partial charge in [-0.15, -0.1) is 24.0 Å². The van der Waals surface area contributed by atoms with Crippen molar-refractivity contribution < 1.29 is 9.59 Å². The Balaban J connectivity index is 0.00000300. The van der Waals surface area contributed by atoms with Gasteiger partial charge in [-0.1, -0.05) is 12.1 Å².